The zero-order chi connectivity index (χ0) is 16.9. The van der Waals surface area contributed by atoms with Crippen LogP contribution in [0.1, 0.15) is 18.1 Å². The van der Waals surface area contributed by atoms with E-state index in [0.717, 1.165) is 11.1 Å². The van der Waals surface area contributed by atoms with Crippen LogP contribution in [0, 0.1) is 0 Å². The lowest BCUT2D eigenvalue weighted by Crippen LogP contribution is -2.35. The van der Waals surface area contributed by atoms with Crippen molar-refractivity contribution in [1.29, 1.82) is 0 Å². The van der Waals surface area contributed by atoms with E-state index in [4.69, 9.17) is 14.2 Å². The van der Waals surface area contributed by atoms with Crippen molar-refractivity contribution in [3.8, 4) is 11.5 Å². The van der Waals surface area contributed by atoms with Gasteiger partial charge in [-0.3, -0.25) is 9.59 Å². The SMILES string of the molecule is C[C@H](OC(=O)Cc1ccsc1)C(=O)NCc1ccc2c(c1)OCO2. The van der Waals surface area contributed by atoms with Crippen LogP contribution in [-0.4, -0.2) is 24.8 Å². The van der Waals surface area contributed by atoms with Crippen LogP contribution >= 0.6 is 11.3 Å². The molecule has 0 bridgehead atoms. The second kappa shape index (κ2) is 7.35. The van der Waals surface area contributed by atoms with E-state index in [1.807, 2.05) is 29.0 Å². The molecule has 6 nitrogen and oxygen atoms in total. The van der Waals surface area contributed by atoms with Crippen molar-refractivity contribution >= 4 is 23.2 Å². The van der Waals surface area contributed by atoms with E-state index < -0.39 is 12.1 Å². The summed E-state index contributed by atoms with van der Waals surface area (Å²) in [5.41, 5.74) is 1.77. The third kappa shape index (κ3) is 4.05. The van der Waals surface area contributed by atoms with E-state index >= 15 is 0 Å². The minimum absolute atomic E-state index is 0.170. The summed E-state index contributed by atoms with van der Waals surface area (Å²) in [5.74, 6) is 0.600. The summed E-state index contributed by atoms with van der Waals surface area (Å²) in [6.45, 7) is 2.09. The number of hydrogen-bond acceptors (Lipinski definition) is 6. The average molecular weight is 347 g/mol. The van der Waals surface area contributed by atoms with Gasteiger partial charge in [-0.1, -0.05) is 6.07 Å². The van der Waals surface area contributed by atoms with Crippen molar-refractivity contribution in [3.05, 3.63) is 46.2 Å². The number of benzene rings is 1. The summed E-state index contributed by atoms with van der Waals surface area (Å²) in [5, 5.41) is 6.52. The molecule has 0 unspecified atom stereocenters. The highest BCUT2D eigenvalue weighted by molar-refractivity contribution is 7.07. The molecule has 0 fully saturated rings. The van der Waals surface area contributed by atoms with E-state index in [-0.39, 0.29) is 19.1 Å². The van der Waals surface area contributed by atoms with Gasteiger partial charge in [-0.2, -0.15) is 11.3 Å². The number of hydrogen-bond donors (Lipinski definition) is 1. The number of ether oxygens (including phenoxy) is 3. The largest absolute Gasteiger partial charge is 0.454 e. The van der Waals surface area contributed by atoms with Crippen molar-refractivity contribution in [2.45, 2.75) is 26.0 Å². The number of thiophene rings is 1. The third-order valence-corrected chi connectivity index (χ3v) is 4.24. The Labute approximate surface area is 143 Å². The summed E-state index contributed by atoms with van der Waals surface area (Å²) < 4.78 is 15.7. The lowest BCUT2D eigenvalue weighted by molar-refractivity contribution is -0.154. The number of amides is 1. The first-order chi connectivity index (χ1) is 11.6. The molecule has 1 aliphatic rings. The molecule has 7 heteroatoms. The van der Waals surface area contributed by atoms with Crippen LogP contribution in [-0.2, 0) is 27.3 Å². The Bertz CT molecular complexity index is 729. The Kier molecular flexibility index (Phi) is 5.00. The molecule has 1 aliphatic heterocycles. The van der Waals surface area contributed by atoms with E-state index in [2.05, 4.69) is 5.32 Å². The van der Waals surface area contributed by atoms with Gasteiger partial charge >= 0.3 is 5.97 Å². The molecule has 2 heterocycles. The standard InChI is InChI=1S/C17H17NO5S/c1-11(23-16(19)7-13-4-5-24-9-13)17(20)18-8-12-2-3-14-15(6-12)22-10-21-14/h2-6,9,11H,7-8,10H2,1H3,(H,18,20)/t11-/m0/s1. The fourth-order valence-electron chi connectivity index (χ4n) is 2.24. The summed E-state index contributed by atoms with van der Waals surface area (Å²) in [6.07, 6.45) is -0.673. The molecular weight excluding hydrogens is 330 g/mol. The number of esters is 1. The lowest BCUT2D eigenvalue weighted by atomic mass is 10.2. The smallest absolute Gasteiger partial charge is 0.311 e. The molecule has 2 aromatic rings. The van der Waals surface area contributed by atoms with Gasteiger partial charge in [-0.05, 0) is 47.0 Å². The molecule has 0 aliphatic carbocycles. The van der Waals surface area contributed by atoms with Gasteiger partial charge in [0.15, 0.2) is 17.6 Å². The normalized spacial score (nSPS) is 13.4. The summed E-state index contributed by atoms with van der Waals surface area (Å²) in [4.78, 5) is 23.8. The number of rotatable bonds is 6. The topological polar surface area (TPSA) is 73.9 Å². The maximum atomic E-state index is 12.0. The van der Waals surface area contributed by atoms with Gasteiger partial charge in [0.05, 0.1) is 6.42 Å². The van der Waals surface area contributed by atoms with Crippen LogP contribution in [0.2, 0.25) is 0 Å². The van der Waals surface area contributed by atoms with Crippen LogP contribution in [0.5, 0.6) is 11.5 Å². The minimum atomic E-state index is -0.842. The van der Waals surface area contributed by atoms with Crippen molar-refractivity contribution in [1.82, 2.24) is 5.32 Å². The van der Waals surface area contributed by atoms with Crippen LogP contribution in [0.3, 0.4) is 0 Å². The van der Waals surface area contributed by atoms with Gasteiger partial charge in [0.1, 0.15) is 0 Å². The summed E-state index contributed by atoms with van der Waals surface area (Å²) in [6, 6.07) is 7.32. The van der Waals surface area contributed by atoms with Crippen molar-refractivity contribution < 1.29 is 23.8 Å². The van der Waals surface area contributed by atoms with Crippen molar-refractivity contribution in [2.75, 3.05) is 6.79 Å². The van der Waals surface area contributed by atoms with Gasteiger partial charge in [-0.15, -0.1) is 0 Å². The quantitative estimate of drug-likeness (QED) is 0.812. The molecule has 126 valence electrons. The van der Waals surface area contributed by atoms with E-state index in [1.54, 1.807) is 13.0 Å². The first-order valence-electron chi connectivity index (χ1n) is 7.48. The Morgan fingerprint density at radius 2 is 2.08 bits per heavy atom. The van der Waals surface area contributed by atoms with Gasteiger partial charge in [0, 0.05) is 6.54 Å². The molecule has 1 amide bonds. The molecule has 0 radical (unpaired) electrons. The Balaban J connectivity index is 1.46. The maximum absolute atomic E-state index is 12.0. The second-order valence-corrected chi connectivity index (χ2v) is 6.13. The molecular formula is C17H17NO5S. The number of nitrogens with one attached hydrogen (secondary N) is 1. The Morgan fingerprint density at radius 3 is 2.88 bits per heavy atom. The van der Waals surface area contributed by atoms with Crippen LogP contribution < -0.4 is 14.8 Å². The first-order valence-corrected chi connectivity index (χ1v) is 8.43. The fraction of sp³-hybridized carbons (Fsp3) is 0.294. The molecule has 1 N–H and O–H groups in total. The molecule has 1 aromatic heterocycles. The Morgan fingerprint density at radius 1 is 1.25 bits per heavy atom. The van der Waals surface area contributed by atoms with Crippen LogP contribution in [0.25, 0.3) is 0 Å². The molecule has 0 saturated heterocycles. The molecule has 0 saturated carbocycles. The van der Waals surface area contributed by atoms with Gasteiger partial charge in [0.25, 0.3) is 5.91 Å². The van der Waals surface area contributed by atoms with Gasteiger partial charge in [-0.25, -0.2) is 0 Å². The lowest BCUT2D eigenvalue weighted by Gasteiger charge is -2.13. The minimum Gasteiger partial charge on any atom is -0.454 e. The zero-order valence-corrected chi connectivity index (χ0v) is 13.9. The zero-order valence-electron chi connectivity index (χ0n) is 13.1. The van der Waals surface area contributed by atoms with E-state index in [1.165, 1.54) is 11.3 Å². The monoisotopic (exact) mass is 347 g/mol. The summed E-state index contributed by atoms with van der Waals surface area (Å²) in [7, 11) is 0. The maximum Gasteiger partial charge on any atom is 0.311 e. The average Bonchev–Trinajstić information content (AvgIpc) is 3.23. The highest BCUT2D eigenvalue weighted by atomic mass is 32.1. The molecule has 0 spiro atoms. The van der Waals surface area contributed by atoms with Crippen molar-refractivity contribution in [2.24, 2.45) is 0 Å². The Hall–Kier alpha value is -2.54. The van der Waals surface area contributed by atoms with Crippen molar-refractivity contribution in [3.63, 3.8) is 0 Å². The predicted molar refractivity (Wildman–Crippen MR) is 88.0 cm³/mol. The molecule has 24 heavy (non-hydrogen) atoms. The number of carbonyl (C=O) groups is 2. The number of carbonyl (C=O) groups excluding carboxylic acids is 2. The third-order valence-electron chi connectivity index (χ3n) is 3.51. The first kappa shape index (κ1) is 16.3. The molecule has 3 rings (SSSR count). The van der Waals surface area contributed by atoms with Gasteiger partial charge < -0.3 is 19.5 Å². The molecule has 1 aromatic carbocycles. The van der Waals surface area contributed by atoms with E-state index in [9.17, 15) is 9.59 Å². The fourth-order valence-corrected chi connectivity index (χ4v) is 2.90. The predicted octanol–water partition coefficient (Wildman–Crippen LogP) is 2.27. The van der Waals surface area contributed by atoms with E-state index in [0.29, 0.717) is 18.0 Å². The van der Waals surface area contributed by atoms with Gasteiger partial charge in [0.2, 0.25) is 6.79 Å². The van der Waals surface area contributed by atoms with Crippen LogP contribution in [0.4, 0.5) is 0 Å². The highest BCUT2D eigenvalue weighted by Crippen LogP contribution is 2.32. The highest BCUT2D eigenvalue weighted by Gasteiger charge is 2.18. The molecule has 1 atom stereocenters. The second-order valence-electron chi connectivity index (χ2n) is 5.35. The number of fused-ring (bicyclic) bond motifs is 1. The summed E-state index contributed by atoms with van der Waals surface area (Å²) >= 11 is 1.51. The van der Waals surface area contributed by atoms with Crippen LogP contribution in [0.15, 0.2) is 35.0 Å².